The van der Waals surface area contributed by atoms with Crippen LogP contribution >= 0.6 is 0 Å². The summed E-state index contributed by atoms with van der Waals surface area (Å²) in [7, 11) is 0. The summed E-state index contributed by atoms with van der Waals surface area (Å²) >= 11 is 0. The molecule has 0 bridgehead atoms. The number of nitrogens with one attached hydrogen (secondary N) is 1. The Morgan fingerprint density at radius 3 is 2.79 bits per heavy atom. The van der Waals surface area contributed by atoms with E-state index in [0.29, 0.717) is 24.2 Å². The first kappa shape index (κ1) is 22.9. The van der Waals surface area contributed by atoms with Gasteiger partial charge in [-0.1, -0.05) is 0 Å². The highest BCUT2D eigenvalue weighted by molar-refractivity contribution is 6.00. The zero-order valence-corrected chi connectivity index (χ0v) is 17.8. The number of pyridine rings is 1. The number of carbonyl (C=O) groups excluding carboxylic acids is 1. The van der Waals surface area contributed by atoms with Crippen molar-refractivity contribution in [2.24, 2.45) is 0 Å². The van der Waals surface area contributed by atoms with Gasteiger partial charge in [0.2, 0.25) is 0 Å². The Hall–Kier alpha value is -3.28. The first-order valence-corrected chi connectivity index (χ1v) is 10.3. The number of nitrogens with zero attached hydrogens (tertiary/aromatic N) is 5. The van der Waals surface area contributed by atoms with Crippen LogP contribution in [0, 0.1) is 5.82 Å². The number of halogens is 4. The molecule has 8 nitrogen and oxygen atoms in total. The Morgan fingerprint density at radius 2 is 2.12 bits per heavy atom. The molecule has 33 heavy (non-hydrogen) atoms. The molecule has 2 N–H and O–H groups in total. The molecule has 4 heterocycles. The molecule has 1 aliphatic rings. The van der Waals surface area contributed by atoms with Crippen molar-refractivity contribution in [3.63, 3.8) is 0 Å². The molecule has 1 saturated heterocycles. The maximum atomic E-state index is 13.8. The summed E-state index contributed by atoms with van der Waals surface area (Å²) in [5, 5.41) is 16.0. The van der Waals surface area contributed by atoms with Crippen LogP contribution in [0.25, 0.3) is 5.65 Å². The number of aliphatic hydroxyl groups excluding tert-OH is 1. The molecule has 3 aromatic heterocycles. The molecular weight excluding hydrogens is 444 g/mol. The van der Waals surface area contributed by atoms with E-state index in [2.05, 4.69) is 15.1 Å². The number of anilines is 1. The second-order valence-electron chi connectivity index (χ2n) is 8.36. The maximum Gasteiger partial charge on any atom is 0.408 e. The van der Waals surface area contributed by atoms with Gasteiger partial charge in [-0.15, -0.1) is 0 Å². The van der Waals surface area contributed by atoms with E-state index in [1.165, 1.54) is 16.8 Å². The molecule has 1 unspecified atom stereocenters. The van der Waals surface area contributed by atoms with Crippen molar-refractivity contribution in [3.05, 3.63) is 53.9 Å². The number of fused-ring (bicyclic) bond motifs is 1. The summed E-state index contributed by atoms with van der Waals surface area (Å²) in [5.41, 5.74) is -0.209. The molecule has 3 atom stereocenters. The van der Waals surface area contributed by atoms with E-state index < -0.39 is 29.5 Å². The van der Waals surface area contributed by atoms with Crippen LogP contribution < -0.4 is 10.2 Å². The molecule has 0 spiro atoms. The topological polar surface area (TPSA) is 95.7 Å². The SMILES string of the molecule is CC(NC(=O)c1cnn2ccc(N3[C@@H](c4cncc(F)c4)CC[C@@]3(C)CO)nc12)C(F)(F)F. The van der Waals surface area contributed by atoms with Crippen LogP contribution in [-0.4, -0.2) is 55.0 Å². The quantitative estimate of drug-likeness (QED) is 0.562. The van der Waals surface area contributed by atoms with Crippen LogP contribution in [0.5, 0.6) is 0 Å². The Balaban J connectivity index is 1.74. The lowest BCUT2D eigenvalue weighted by Gasteiger charge is -2.38. The van der Waals surface area contributed by atoms with E-state index in [1.807, 2.05) is 17.1 Å². The molecule has 176 valence electrons. The van der Waals surface area contributed by atoms with Crippen LogP contribution in [0.15, 0.2) is 36.9 Å². The highest BCUT2D eigenvalue weighted by Crippen LogP contribution is 2.45. The highest BCUT2D eigenvalue weighted by Gasteiger charge is 2.44. The average molecular weight is 466 g/mol. The normalized spacial score (nSPS) is 22.0. The minimum atomic E-state index is -4.60. The lowest BCUT2D eigenvalue weighted by molar-refractivity contribution is -0.149. The van der Waals surface area contributed by atoms with Gasteiger partial charge in [-0.25, -0.2) is 13.9 Å². The van der Waals surface area contributed by atoms with Crippen LogP contribution in [-0.2, 0) is 0 Å². The van der Waals surface area contributed by atoms with E-state index in [1.54, 1.807) is 12.3 Å². The smallest absolute Gasteiger partial charge is 0.394 e. The number of amides is 1. The number of hydrogen-bond acceptors (Lipinski definition) is 6. The fourth-order valence-electron chi connectivity index (χ4n) is 4.10. The van der Waals surface area contributed by atoms with Crippen LogP contribution in [0.3, 0.4) is 0 Å². The number of aliphatic hydroxyl groups is 1. The summed E-state index contributed by atoms with van der Waals surface area (Å²) in [4.78, 5) is 22.8. The molecule has 1 fully saturated rings. The summed E-state index contributed by atoms with van der Waals surface area (Å²) in [6, 6.07) is 0.580. The van der Waals surface area contributed by atoms with Crippen molar-refractivity contribution in [3.8, 4) is 0 Å². The third kappa shape index (κ3) is 4.22. The Bertz CT molecular complexity index is 1180. The highest BCUT2D eigenvalue weighted by atomic mass is 19.4. The largest absolute Gasteiger partial charge is 0.408 e. The van der Waals surface area contributed by atoms with Gasteiger partial charge in [0.05, 0.1) is 30.6 Å². The van der Waals surface area contributed by atoms with Gasteiger partial charge in [-0.05, 0) is 44.4 Å². The molecule has 1 aliphatic heterocycles. The monoisotopic (exact) mass is 466 g/mol. The van der Waals surface area contributed by atoms with Crippen molar-refractivity contribution < 1.29 is 27.5 Å². The molecule has 0 saturated carbocycles. The molecule has 3 aromatic rings. The maximum absolute atomic E-state index is 13.8. The third-order valence-corrected chi connectivity index (χ3v) is 5.99. The lowest BCUT2D eigenvalue weighted by Crippen LogP contribution is -2.46. The van der Waals surface area contributed by atoms with Gasteiger partial charge < -0.3 is 15.3 Å². The summed E-state index contributed by atoms with van der Waals surface area (Å²) in [5.74, 6) is -1.09. The molecule has 1 amide bonds. The van der Waals surface area contributed by atoms with E-state index >= 15 is 0 Å². The van der Waals surface area contributed by atoms with Crippen molar-refractivity contribution in [2.45, 2.75) is 50.5 Å². The first-order chi connectivity index (χ1) is 15.5. The Morgan fingerprint density at radius 1 is 1.36 bits per heavy atom. The standard InChI is InChI=1S/C21H22F4N6O2/c1-12(21(23,24)25)28-19(33)15-10-27-30-6-4-17(29-18(15)30)31-16(3-5-20(31,2)11-32)13-7-14(22)9-26-8-13/h4,6-10,12,16,32H,3,5,11H2,1-2H3,(H,28,33)/t12?,16-,20+/m1/s1. The summed E-state index contributed by atoms with van der Waals surface area (Å²) < 4.78 is 53.8. The number of aromatic nitrogens is 4. The minimum absolute atomic E-state index is 0.0580. The van der Waals surface area contributed by atoms with Crippen molar-refractivity contribution in [1.29, 1.82) is 0 Å². The van der Waals surface area contributed by atoms with Crippen LogP contribution in [0.1, 0.15) is 48.7 Å². The predicted molar refractivity (Wildman–Crippen MR) is 110 cm³/mol. The van der Waals surface area contributed by atoms with Gasteiger partial charge in [0.15, 0.2) is 5.65 Å². The van der Waals surface area contributed by atoms with Gasteiger partial charge in [0.1, 0.15) is 23.2 Å². The lowest BCUT2D eigenvalue weighted by atomic mass is 10.0. The van der Waals surface area contributed by atoms with Gasteiger partial charge >= 0.3 is 6.18 Å². The van der Waals surface area contributed by atoms with Crippen molar-refractivity contribution in [1.82, 2.24) is 24.9 Å². The van der Waals surface area contributed by atoms with Gasteiger partial charge in [0, 0.05) is 12.4 Å². The number of alkyl halides is 3. The molecular formula is C21H22F4N6O2. The average Bonchev–Trinajstić information content (AvgIpc) is 3.34. The summed E-state index contributed by atoms with van der Waals surface area (Å²) in [6.45, 7) is 2.46. The fraction of sp³-hybridized carbons (Fsp3) is 0.429. The minimum Gasteiger partial charge on any atom is -0.394 e. The zero-order chi connectivity index (χ0) is 24.0. The predicted octanol–water partition coefficient (Wildman–Crippen LogP) is 3.04. The number of carbonyl (C=O) groups is 1. The first-order valence-electron chi connectivity index (χ1n) is 10.3. The molecule has 4 rings (SSSR count). The second-order valence-corrected chi connectivity index (χ2v) is 8.36. The van der Waals surface area contributed by atoms with Crippen molar-refractivity contribution >= 4 is 17.4 Å². The van der Waals surface area contributed by atoms with Gasteiger partial charge in [-0.3, -0.25) is 9.78 Å². The van der Waals surface area contributed by atoms with Crippen LogP contribution in [0.2, 0.25) is 0 Å². The third-order valence-electron chi connectivity index (χ3n) is 5.99. The van der Waals surface area contributed by atoms with E-state index in [9.17, 15) is 27.5 Å². The second kappa shape index (κ2) is 8.25. The van der Waals surface area contributed by atoms with Gasteiger partial charge in [-0.2, -0.15) is 18.3 Å². The van der Waals surface area contributed by atoms with Crippen LogP contribution in [0.4, 0.5) is 23.4 Å². The Kier molecular flexibility index (Phi) is 5.72. The van der Waals surface area contributed by atoms with E-state index in [0.717, 1.165) is 19.3 Å². The molecule has 0 aliphatic carbocycles. The molecule has 0 aromatic carbocycles. The van der Waals surface area contributed by atoms with Crippen molar-refractivity contribution in [2.75, 3.05) is 11.5 Å². The Labute approximate surface area is 186 Å². The molecule has 0 radical (unpaired) electrons. The summed E-state index contributed by atoms with van der Waals surface area (Å²) in [6.07, 6.45) is 1.88. The number of rotatable bonds is 5. The zero-order valence-electron chi connectivity index (χ0n) is 17.8. The molecule has 12 heteroatoms. The van der Waals surface area contributed by atoms with Gasteiger partial charge in [0.25, 0.3) is 5.91 Å². The fourth-order valence-corrected chi connectivity index (χ4v) is 4.10. The number of hydrogen-bond donors (Lipinski definition) is 2. The van der Waals surface area contributed by atoms with E-state index in [4.69, 9.17) is 0 Å². The van der Waals surface area contributed by atoms with E-state index in [-0.39, 0.29) is 23.9 Å².